The van der Waals surface area contributed by atoms with Crippen molar-refractivity contribution in [1.29, 1.82) is 0 Å². The van der Waals surface area contributed by atoms with Crippen molar-refractivity contribution in [1.82, 2.24) is 19.7 Å². The van der Waals surface area contributed by atoms with Crippen LogP contribution in [0.4, 0.5) is 0 Å². The van der Waals surface area contributed by atoms with Gasteiger partial charge in [0.1, 0.15) is 11.7 Å². The van der Waals surface area contributed by atoms with E-state index in [-0.39, 0.29) is 23.6 Å². The van der Waals surface area contributed by atoms with E-state index in [2.05, 4.69) is 10.1 Å². The van der Waals surface area contributed by atoms with Crippen molar-refractivity contribution >= 4 is 11.9 Å². The number of carboxylic acid groups (broad SMARTS) is 1. The zero-order valence-corrected chi connectivity index (χ0v) is 16.6. The van der Waals surface area contributed by atoms with Gasteiger partial charge in [0.2, 0.25) is 5.88 Å². The van der Waals surface area contributed by atoms with Crippen LogP contribution >= 0.6 is 0 Å². The second-order valence-corrected chi connectivity index (χ2v) is 7.83. The van der Waals surface area contributed by atoms with Crippen molar-refractivity contribution in [2.24, 2.45) is 0 Å². The molecule has 8 heteroatoms. The monoisotopic (exact) mass is 398 g/mol. The van der Waals surface area contributed by atoms with Gasteiger partial charge in [0.15, 0.2) is 0 Å². The lowest BCUT2D eigenvalue weighted by Gasteiger charge is -2.32. The van der Waals surface area contributed by atoms with Crippen LogP contribution in [0, 0.1) is 6.92 Å². The molecule has 0 radical (unpaired) electrons. The first kappa shape index (κ1) is 19.4. The Hall–Kier alpha value is -2.90. The lowest BCUT2D eigenvalue weighted by Crippen LogP contribution is -2.39. The lowest BCUT2D eigenvalue weighted by molar-refractivity contribution is 0.0687. The quantitative estimate of drug-likeness (QED) is 0.831. The Balaban J connectivity index is 1.34. The molecule has 8 nitrogen and oxygen atoms in total. The van der Waals surface area contributed by atoms with Crippen LogP contribution in [0.15, 0.2) is 24.5 Å². The van der Waals surface area contributed by atoms with Gasteiger partial charge in [0.25, 0.3) is 5.91 Å². The molecule has 0 aromatic carbocycles. The number of piperidine rings is 1. The average molecular weight is 398 g/mol. The molecular formula is C21H26N4O4. The van der Waals surface area contributed by atoms with Crippen molar-refractivity contribution in [2.45, 2.75) is 57.6 Å². The topological polar surface area (TPSA) is 97.6 Å². The fourth-order valence-corrected chi connectivity index (χ4v) is 4.25. The first-order chi connectivity index (χ1) is 14.0. The number of carboxylic acids is 1. The van der Waals surface area contributed by atoms with E-state index < -0.39 is 5.97 Å². The van der Waals surface area contributed by atoms with Crippen LogP contribution in [0.5, 0.6) is 5.88 Å². The normalized spacial score (nSPS) is 18.2. The highest BCUT2D eigenvalue weighted by Gasteiger charge is 2.27. The maximum absolute atomic E-state index is 12.8. The second-order valence-electron chi connectivity index (χ2n) is 7.83. The SMILES string of the molecule is Cc1c(C(=O)O)cnn1C1CCN(C(=O)c2ccc(OC3CCCC3)nc2)CC1. The Bertz CT molecular complexity index is 879. The highest BCUT2D eigenvalue weighted by atomic mass is 16.5. The molecule has 2 aliphatic rings. The highest BCUT2D eigenvalue weighted by Crippen LogP contribution is 2.26. The molecule has 1 saturated carbocycles. The Morgan fingerprint density at radius 2 is 1.83 bits per heavy atom. The number of carbonyl (C=O) groups is 2. The molecule has 3 heterocycles. The van der Waals surface area contributed by atoms with Gasteiger partial charge < -0.3 is 14.7 Å². The number of aromatic carboxylic acids is 1. The number of hydrogen-bond donors (Lipinski definition) is 1. The molecular weight excluding hydrogens is 372 g/mol. The minimum absolute atomic E-state index is 0.0354. The van der Waals surface area contributed by atoms with Gasteiger partial charge >= 0.3 is 5.97 Å². The number of carbonyl (C=O) groups excluding carboxylic acids is 1. The van der Waals surface area contributed by atoms with E-state index in [1.54, 1.807) is 29.9 Å². The molecule has 0 bridgehead atoms. The van der Waals surface area contributed by atoms with Crippen molar-refractivity contribution in [3.63, 3.8) is 0 Å². The van der Waals surface area contributed by atoms with Crippen LogP contribution < -0.4 is 4.74 Å². The summed E-state index contributed by atoms with van der Waals surface area (Å²) in [6.07, 6.45) is 9.26. The van der Waals surface area contributed by atoms with Crippen molar-refractivity contribution in [2.75, 3.05) is 13.1 Å². The average Bonchev–Trinajstić information content (AvgIpc) is 3.38. The molecule has 1 aliphatic carbocycles. The third-order valence-corrected chi connectivity index (χ3v) is 5.95. The van der Waals surface area contributed by atoms with Crippen molar-refractivity contribution < 1.29 is 19.4 Å². The van der Waals surface area contributed by atoms with E-state index in [1.165, 1.54) is 19.0 Å². The van der Waals surface area contributed by atoms with E-state index in [1.807, 2.05) is 4.90 Å². The number of likely N-dealkylation sites (tertiary alicyclic amines) is 1. The standard InChI is InChI=1S/C21H26N4O4/c1-14-18(21(27)28)13-23-25(14)16-8-10-24(11-9-16)20(26)15-6-7-19(22-12-15)29-17-4-2-3-5-17/h6-7,12-13,16-17H,2-5,8-11H2,1H3,(H,27,28). The minimum atomic E-state index is -0.964. The fourth-order valence-electron chi connectivity index (χ4n) is 4.25. The van der Waals surface area contributed by atoms with Gasteiger partial charge in [-0.1, -0.05) is 0 Å². The first-order valence-corrected chi connectivity index (χ1v) is 10.2. The molecule has 2 aromatic heterocycles. The maximum Gasteiger partial charge on any atom is 0.339 e. The largest absolute Gasteiger partial charge is 0.478 e. The van der Waals surface area contributed by atoms with E-state index in [4.69, 9.17) is 4.74 Å². The summed E-state index contributed by atoms with van der Waals surface area (Å²) in [5.41, 5.74) is 1.45. The van der Waals surface area contributed by atoms with Crippen LogP contribution in [0.1, 0.15) is 71.0 Å². The van der Waals surface area contributed by atoms with Crippen molar-refractivity contribution in [3.05, 3.63) is 41.3 Å². The van der Waals surface area contributed by atoms with Gasteiger partial charge in [-0.3, -0.25) is 9.48 Å². The summed E-state index contributed by atoms with van der Waals surface area (Å²) in [6, 6.07) is 3.66. The number of hydrogen-bond acceptors (Lipinski definition) is 5. The van der Waals surface area contributed by atoms with E-state index in [0.717, 1.165) is 25.7 Å². The summed E-state index contributed by atoms with van der Waals surface area (Å²) in [6.45, 7) is 2.98. The minimum Gasteiger partial charge on any atom is -0.478 e. The first-order valence-electron chi connectivity index (χ1n) is 10.2. The smallest absolute Gasteiger partial charge is 0.339 e. The zero-order chi connectivity index (χ0) is 20.4. The maximum atomic E-state index is 12.8. The Morgan fingerprint density at radius 3 is 2.41 bits per heavy atom. The van der Waals surface area contributed by atoms with Crippen LogP contribution in [-0.4, -0.2) is 55.8 Å². The molecule has 154 valence electrons. The Morgan fingerprint density at radius 1 is 1.10 bits per heavy atom. The molecule has 1 saturated heterocycles. The second kappa shape index (κ2) is 8.23. The number of ether oxygens (including phenoxy) is 1. The number of aromatic nitrogens is 3. The van der Waals surface area contributed by atoms with Gasteiger partial charge in [-0.15, -0.1) is 0 Å². The summed E-state index contributed by atoms with van der Waals surface area (Å²) in [7, 11) is 0. The zero-order valence-electron chi connectivity index (χ0n) is 16.6. The number of nitrogens with zero attached hydrogens (tertiary/aromatic N) is 4. The molecule has 1 amide bonds. The van der Waals surface area contributed by atoms with Gasteiger partial charge in [-0.2, -0.15) is 5.10 Å². The predicted molar refractivity (Wildman–Crippen MR) is 105 cm³/mol. The summed E-state index contributed by atoms with van der Waals surface area (Å²) in [5, 5.41) is 13.4. The van der Waals surface area contributed by atoms with Gasteiger partial charge in [-0.05, 0) is 51.5 Å². The van der Waals surface area contributed by atoms with Gasteiger partial charge in [0, 0.05) is 25.4 Å². The van der Waals surface area contributed by atoms with Gasteiger partial charge in [0.05, 0.1) is 23.5 Å². The summed E-state index contributed by atoms with van der Waals surface area (Å²) < 4.78 is 7.64. The van der Waals surface area contributed by atoms with Crippen molar-refractivity contribution in [3.8, 4) is 5.88 Å². The summed E-state index contributed by atoms with van der Waals surface area (Å²) >= 11 is 0. The summed E-state index contributed by atoms with van der Waals surface area (Å²) in [4.78, 5) is 30.2. The van der Waals surface area contributed by atoms with Crippen LogP contribution in [0.2, 0.25) is 0 Å². The fraction of sp³-hybridized carbons (Fsp3) is 0.524. The van der Waals surface area contributed by atoms with Crippen LogP contribution in [0.3, 0.4) is 0 Å². The molecule has 2 aromatic rings. The van der Waals surface area contributed by atoms with Gasteiger partial charge in [-0.25, -0.2) is 9.78 Å². The Labute approximate surface area is 169 Å². The van der Waals surface area contributed by atoms with Crippen LogP contribution in [0.25, 0.3) is 0 Å². The third-order valence-electron chi connectivity index (χ3n) is 5.95. The van der Waals surface area contributed by atoms with E-state index >= 15 is 0 Å². The number of pyridine rings is 1. The highest BCUT2D eigenvalue weighted by molar-refractivity contribution is 5.94. The Kier molecular flexibility index (Phi) is 5.51. The number of rotatable bonds is 5. The molecule has 0 spiro atoms. The molecule has 2 fully saturated rings. The molecule has 1 N–H and O–H groups in total. The molecule has 0 atom stereocenters. The summed E-state index contributed by atoms with van der Waals surface area (Å²) in [5.74, 6) is -0.420. The molecule has 0 unspecified atom stereocenters. The predicted octanol–water partition coefficient (Wildman–Crippen LogP) is 3.08. The van der Waals surface area contributed by atoms with E-state index in [9.17, 15) is 14.7 Å². The molecule has 1 aliphatic heterocycles. The van der Waals surface area contributed by atoms with E-state index in [0.29, 0.717) is 30.2 Å². The molecule has 4 rings (SSSR count). The number of amides is 1. The molecule has 29 heavy (non-hydrogen) atoms. The third kappa shape index (κ3) is 4.11. The van der Waals surface area contributed by atoms with Crippen LogP contribution in [-0.2, 0) is 0 Å². The lowest BCUT2D eigenvalue weighted by atomic mass is 10.0.